The lowest BCUT2D eigenvalue weighted by molar-refractivity contribution is -0.142. The fraction of sp³-hybridized carbons (Fsp3) is 0.500. The van der Waals surface area contributed by atoms with Gasteiger partial charge in [0.2, 0.25) is 5.91 Å². The number of aromatic nitrogens is 2. The molecule has 6 nitrogen and oxygen atoms in total. The molecule has 0 radical (unpaired) electrons. The zero-order valence-corrected chi connectivity index (χ0v) is 16.1. The fourth-order valence-corrected chi connectivity index (χ4v) is 4.52. The summed E-state index contributed by atoms with van der Waals surface area (Å²) in [4.78, 5) is 31.6. The second-order valence-electron chi connectivity index (χ2n) is 7.87. The van der Waals surface area contributed by atoms with Gasteiger partial charge in [0.05, 0.1) is 11.7 Å². The number of carbonyl (C=O) groups excluding carboxylic acids is 1. The molecule has 2 aliphatic rings. The topological polar surface area (TPSA) is 64.4 Å². The number of hydrogen-bond donors (Lipinski definition) is 0. The Hall–Kier alpha value is -2.47. The molecule has 0 N–H and O–H groups in total. The molecule has 6 heteroatoms. The van der Waals surface area contributed by atoms with Crippen LogP contribution in [-0.2, 0) is 21.5 Å². The van der Waals surface area contributed by atoms with Gasteiger partial charge in [-0.1, -0.05) is 30.3 Å². The molecule has 0 aliphatic carbocycles. The zero-order chi connectivity index (χ0) is 19.4. The maximum absolute atomic E-state index is 13.6. The molecule has 2 aromatic rings. The third kappa shape index (κ3) is 3.74. The summed E-state index contributed by atoms with van der Waals surface area (Å²) in [6, 6.07) is 11.7. The minimum Gasteiger partial charge on any atom is -0.381 e. The monoisotopic (exact) mass is 381 g/mol. The van der Waals surface area contributed by atoms with Crippen molar-refractivity contribution in [1.29, 1.82) is 0 Å². The van der Waals surface area contributed by atoms with Gasteiger partial charge in [-0.15, -0.1) is 0 Å². The highest BCUT2D eigenvalue weighted by atomic mass is 16.5. The van der Waals surface area contributed by atoms with Crippen molar-refractivity contribution in [2.24, 2.45) is 5.92 Å². The van der Waals surface area contributed by atoms with Crippen LogP contribution in [0.1, 0.15) is 31.2 Å². The van der Waals surface area contributed by atoms with Crippen LogP contribution in [0, 0.1) is 5.92 Å². The molecule has 148 valence electrons. The molecule has 0 bridgehead atoms. The van der Waals surface area contributed by atoms with Gasteiger partial charge in [0.25, 0.3) is 5.56 Å². The molecule has 28 heavy (non-hydrogen) atoms. The molecular formula is C22H27N3O3. The smallest absolute Gasteiger partial charge is 0.253 e. The number of carbonyl (C=O) groups is 1. The van der Waals surface area contributed by atoms with Crippen LogP contribution in [0.4, 0.5) is 0 Å². The Morgan fingerprint density at radius 3 is 2.50 bits per heavy atom. The van der Waals surface area contributed by atoms with Crippen molar-refractivity contribution in [3.05, 3.63) is 64.8 Å². The quantitative estimate of drug-likeness (QED) is 0.815. The van der Waals surface area contributed by atoms with E-state index in [0.29, 0.717) is 25.7 Å². The number of rotatable bonds is 4. The van der Waals surface area contributed by atoms with Gasteiger partial charge in [0, 0.05) is 45.1 Å². The van der Waals surface area contributed by atoms with Gasteiger partial charge in [-0.05, 0) is 37.2 Å². The van der Waals surface area contributed by atoms with E-state index in [1.165, 1.54) is 12.3 Å². The van der Waals surface area contributed by atoms with Crippen molar-refractivity contribution >= 4 is 5.91 Å². The molecule has 1 aromatic heterocycles. The van der Waals surface area contributed by atoms with Crippen LogP contribution in [-0.4, -0.2) is 46.7 Å². The van der Waals surface area contributed by atoms with Crippen LogP contribution >= 0.6 is 0 Å². The molecule has 3 heterocycles. The Morgan fingerprint density at radius 1 is 1.11 bits per heavy atom. The van der Waals surface area contributed by atoms with Crippen LogP contribution in [0.2, 0.25) is 0 Å². The summed E-state index contributed by atoms with van der Waals surface area (Å²) in [5.74, 6) is 0.632. The van der Waals surface area contributed by atoms with E-state index < -0.39 is 5.41 Å². The maximum Gasteiger partial charge on any atom is 0.253 e. The van der Waals surface area contributed by atoms with Crippen LogP contribution in [0.25, 0.3) is 0 Å². The number of nitrogens with zero attached hydrogens (tertiary/aromatic N) is 3. The second kappa shape index (κ2) is 8.27. The molecule has 1 aromatic carbocycles. The maximum atomic E-state index is 13.6. The minimum atomic E-state index is -0.466. The Kier molecular flexibility index (Phi) is 5.57. The first-order valence-corrected chi connectivity index (χ1v) is 10.1. The fourth-order valence-electron chi connectivity index (χ4n) is 4.52. The van der Waals surface area contributed by atoms with Gasteiger partial charge in [0.1, 0.15) is 0 Å². The van der Waals surface area contributed by atoms with E-state index in [0.717, 1.165) is 44.3 Å². The van der Waals surface area contributed by atoms with E-state index in [-0.39, 0.29) is 11.5 Å². The van der Waals surface area contributed by atoms with Crippen molar-refractivity contribution in [3.8, 4) is 0 Å². The summed E-state index contributed by atoms with van der Waals surface area (Å²) in [5.41, 5.74) is 0.623. The molecule has 0 spiro atoms. The minimum absolute atomic E-state index is 0.0151. The number of piperidine rings is 1. The van der Waals surface area contributed by atoms with Crippen LogP contribution in [0.3, 0.4) is 0 Å². The number of amides is 1. The first kappa shape index (κ1) is 18.9. The van der Waals surface area contributed by atoms with Crippen LogP contribution < -0.4 is 5.56 Å². The predicted molar refractivity (Wildman–Crippen MR) is 106 cm³/mol. The number of benzene rings is 1. The SMILES string of the molecule is O=C(N1CCC(Cn2cnccc2=O)CC1)C1(c2ccccc2)CCOCC1. The zero-order valence-electron chi connectivity index (χ0n) is 16.1. The molecule has 0 unspecified atom stereocenters. The largest absolute Gasteiger partial charge is 0.381 e. The van der Waals surface area contributed by atoms with Crippen molar-refractivity contribution in [1.82, 2.24) is 14.5 Å². The predicted octanol–water partition coefficient (Wildman–Crippen LogP) is 2.23. The van der Waals surface area contributed by atoms with Crippen LogP contribution in [0.5, 0.6) is 0 Å². The van der Waals surface area contributed by atoms with E-state index in [4.69, 9.17) is 4.74 Å². The van der Waals surface area contributed by atoms with Gasteiger partial charge in [-0.25, -0.2) is 4.98 Å². The standard InChI is InChI=1S/C22H27N3O3/c26-20-6-11-23-17-25(20)16-18-7-12-24(13-8-18)21(27)22(9-14-28-15-10-22)19-4-2-1-3-5-19/h1-6,11,17-18H,7-10,12-16H2. The summed E-state index contributed by atoms with van der Waals surface area (Å²) in [6.07, 6.45) is 6.42. The lowest BCUT2D eigenvalue weighted by atomic mass is 9.72. The van der Waals surface area contributed by atoms with Gasteiger partial charge in [-0.2, -0.15) is 0 Å². The summed E-state index contributed by atoms with van der Waals surface area (Å²) in [6.45, 7) is 3.41. The normalized spacial score (nSPS) is 20.1. The molecule has 0 saturated carbocycles. The lowest BCUT2D eigenvalue weighted by Crippen LogP contribution is -2.52. The second-order valence-corrected chi connectivity index (χ2v) is 7.87. The van der Waals surface area contributed by atoms with E-state index >= 15 is 0 Å². The third-order valence-electron chi connectivity index (χ3n) is 6.23. The Bertz CT molecular complexity index is 851. The Balaban J connectivity index is 1.45. The number of ether oxygens (including phenoxy) is 1. The molecule has 4 rings (SSSR count). The van der Waals surface area contributed by atoms with Gasteiger partial charge in [-0.3, -0.25) is 14.2 Å². The average molecular weight is 381 g/mol. The van der Waals surface area contributed by atoms with Crippen molar-refractivity contribution < 1.29 is 9.53 Å². The molecule has 2 fully saturated rings. The summed E-state index contributed by atoms with van der Waals surface area (Å²) in [5, 5.41) is 0. The Morgan fingerprint density at radius 2 is 1.82 bits per heavy atom. The molecule has 2 aliphatic heterocycles. The van der Waals surface area contributed by atoms with Crippen LogP contribution in [0.15, 0.2) is 53.7 Å². The Labute approximate surface area is 165 Å². The highest BCUT2D eigenvalue weighted by Gasteiger charge is 2.44. The van der Waals surface area contributed by atoms with E-state index in [1.54, 1.807) is 10.9 Å². The van der Waals surface area contributed by atoms with Crippen molar-refractivity contribution in [3.63, 3.8) is 0 Å². The first-order valence-electron chi connectivity index (χ1n) is 10.1. The summed E-state index contributed by atoms with van der Waals surface area (Å²) < 4.78 is 7.24. The lowest BCUT2D eigenvalue weighted by Gasteiger charge is -2.42. The average Bonchev–Trinajstić information content (AvgIpc) is 2.76. The van der Waals surface area contributed by atoms with Gasteiger partial charge < -0.3 is 9.64 Å². The number of hydrogen-bond acceptors (Lipinski definition) is 4. The third-order valence-corrected chi connectivity index (χ3v) is 6.23. The van der Waals surface area contributed by atoms with E-state index in [1.807, 2.05) is 23.1 Å². The molecule has 2 saturated heterocycles. The summed E-state index contributed by atoms with van der Waals surface area (Å²) in [7, 11) is 0. The van der Waals surface area contributed by atoms with Gasteiger partial charge in [0.15, 0.2) is 0 Å². The summed E-state index contributed by atoms with van der Waals surface area (Å²) >= 11 is 0. The first-order chi connectivity index (χ1) is 13.7. The molecular weight excluding hydrogens is 354 g/mol. The van der Waals surface area contributed by atoms with Crippen molar-refractivity contribution in [2.45, 2.75) is 37.6 Å². The highest BCUT2D eigenvalue weighted by Crippen LogP contribution is 2.37. The van der Waals surface area contributed by atoms with E-state index in [2.05, 4.69) is 17.1 Å². The van der Waals surface area contributed by atoms with Gasteiger partial charge >= 0.3 is 0 Å². The highest BCUT2D eigenvalue weighted by molar-refractivity contribution is 5.88. The van der Waals surface area contributed by atoms with E-state index in [9.17, 15) is 9.59 Å². The number of likely N-dealkylation sites (tertiary alicyclic amines) is 1. The molecule has 1 amide bonds. The molecule has 0 atom stereocenters. The van der Waals surface area contributed by atoms with Crippen molar-refractivity contribution in [2.75, 3.05) is 26.3 Å².